The highest BCUT2D eigenvalue weighted by atomic mass is 35.5. The number of nitrogens with zero attached hydrogens (tertiary/aromatic N) is 3. The van der Waals surface area contributed by atoms with Gasteiger partial charge in [0.15, 0.2) is 0 Å². The molecule has 1 fully saturated rings. The minimum atomic E-state index is -0.339. The molecular weight excluding hydrogens is 365 g/mol. The molecule has 144 valence electrons. The van der Waals surface area contributed by atoms with E-state index in [1.165, 1.54) is 17.3 Å². The van der Waals surface area contributed by atoms with Gasteiger partial charge in [-0.1, -0.05) is 29.8 Å². The third kappa shape index (κ3) is 4.99. The van der Waals surface area contributed by atoms with E-state index in [-0.39, 0.29) is 18.3 Å². The Hall–Kier alpha value is -2.11. The summed E-state index contributed by atoms with van der Waals surface area (Å²) in [7, 11) is 1.81. The summed E-state index contributed by atoms with van der Waals surface area (Å²) in [6.07, 6.45) is 0. The second-order valence-electron chi connectivity index (χ2n) is 7.08. The molecule has 0 N–H and O–H groups in total. The van der Waals surface area contributed by atoms with Crippen LogP contribution in [0, 0.1) is 12.7 Å². The van der Waals surface area contributed by atoms with Gasteiger partial charge < -0.3 is 9.80 Å². The number of rotatable bonds is 5. The minimum absolute atomic E-state index is 0.0638. The number of hydrogen-bond donors (Lipinski definition) is 0. The van der Waals surface area contributed by atoms with Crippen molar-refractivity contribution in [3.8, 4) is 0 Å². The molecule has 4 nitrogen and oxygen atoms in total. The molecule has 1 amide bonds. The summed E-state index contributed by atoms with van der Waals surface area (Å²) in [5.41, 5.74) is 2.87. The zero-order chi connectivity index (χ0) is 19.4. The molecule has 1 heterocycles. The Morgan fingerprint density at radius 2 is 1.85 bits per heavy atom. The van der Waals surface area contributed by atoms with Crippen molar-refractivity contribution in [1.82, 2.24) is 9.80 Å². The van der Waals surface area contributed by atoms with Crippen LogP contribution in [-0.4, -0.2) is 55.5 Å². The molecule has 0 aromatic heterocycles. The van der Waals surface area contributed by atoms with Crippen LogP contribution in [0.25, 0.3) is 0 Å². The Bertz CT molecular complexity index is 786. The van der Waals surface area contributed by atoms with Crippen LogP contribution < -0.4 is 4.90 Å². The first-order valence-corrected chi connectivity index (χ1v) is 9.52. The number of benzene rings is 2. The lowest BCUT2D eigenvalue weighted by Crippen LogP contribution is -2.51. The van der Waals surface area contributed by atoms with Crippen LogP contribution in [0.3, 0.4) is 0 Å². The van der Waals surface area contributed by atoms with E-state index in [4.69, 9.17) is 11.6 Å². The summed E-state index contributed by atoms with van der Waals surface area (Å²) in [5.74, 6) is -0.276. The van der Waals surface area contributed by atoms with E-state index in [0.29, 0.717) is 30.2 Å². The van der Waals surface area contributed by atoms with Gasteiger partial charge in [-0.15, -0.1) is 0 Å². The standard InChI is InChI=1S/C21H25ClFN3O/c1-16-5-3-6-17(13-16)25-9-11-26(12-10-25)21(27)15-24(2)14-18-19(22)7-4-8-20(18)23/h3-8,13H,9-12,14-15H2,1-2H3. The monoisotopic (exact) mass is 389 g/mol. The summed E-state index contributed by atoms with van der Waals surface area (Å²) in [6, 6.07) is 13.1. The number of anilines is 1. The lowest BCUT2D eigenvalue weighted by Gasteiger charge is -2.37. The molecule has 0 atom stereocenters. The molecule has 2 aromatic rings. The summed E-state index contributed by atoms with van der Waals surface area (Å²) in [4.78, 5) is 18.6. The number of amides is 1. The fourth-order valence-electron chi connectivity index (χ4n) is 3.38. The van der Waals surface area contributed by atoms with Gasteiger partial charge in [-0.2, -0.15) is 0 Å². The van der Waals surface area contributed by atoms with Crippen molar-refractivity contribution in [2.24, 2.45) is 0 Å². The third-order valence-electron chi connectivity index (χ3n) is 4.89. The van der Waals surface area contributed by atoms with Crippen LogP contribution >= 0.6 is 11.6 Å². The smallest absolute Gasteiger partial charge is 0.236 e. The largest absolute Gasteiger partial charge is 0.368 e. The van der Waals surface area contributed by atoms with Gasteiger partial charge in [0.25, 0.3) is 0 Å². The van der Waals surface area contributed by atoms with Gasteiger partial charge in [0.05, 0.1) is 6.54 Å². The first kappa shape index (κ1) is 19.6. The predicted octanol–water partition coefficient (Wildman–Crippen LogP) is 3.57. The average molecular weight is 390 g/mol. The van der Waals surface area contributed by atoms with Crippen molar-refractivity contribution >= 4 is 23.2 Å². The molecule has 3 rings (SSSR count). The molecule has 2 aromatic carbocycles. The maximum atomic E-state index is 13.9. The number of hydrogen-bond acceptors (Lipinski definition) is 3. The molecule has 0 unspecified atom stereocenters. The highest BCUT2D eigenvalue weighted by Gasteiger charge is 2.22. The summed E-state index contributed by atoms with van der Waals surface area (Å²) in [5, 5.41) is 0.390. The topological polar surface area (TPSA) is 26.8 Å². The first-order chi connectivity index (χ1) is 12.9. The summed E-state index contributed by atoms with van der Waals surface area (Å²) in [6.45, 7) is 5.66. The second kappa shape index (κ2) is 8.72. The molecular formula is C21H25ClFN3O. The molecule has 0 saturated carbocycles. The quantitative estimate of drug-likeness (QED) is 0.782. The van der Waals surface area contributed by atoms with Gasteiger partial charge in [0.2, 0.25) is 5.91 Å². The van der Waals surface area contributed by atoms with Crippen molar-refractivity contribution in [2.45, 2.75) is 13.5 Å². The molecule has 1 aliphatic heterocycles. The fourth-order valence-corrected chi connectivity index (χ4v) is 3.60. The van der Waals surface area contributed by atoms with Crippen LogP contribution in [0.1, 0.15) is 11.1 Å². The van der Waals surface area contributed by atoms with E-state index in [0.717, 1.165) is 13.1 Å². The number of halogens is 2. The Balaban J connectivity index is 1.52. The molecule has 0 spiro atoms. The SMILES string of the molecule is Cc1cccc(N2CCN(C(=O)CN(C)Cc3c(F)cccc3Cl)CC2)c1. The number of carbonyl (C=O) groups excluding carboxylic acids is 1. The van der Waals surface area contributed by atoms with Gasteiger partial charge in [0.1, 0.15) is 5.82 Å². The Morgan fingerprint density at radius 1 is 1.15 bits per heavy atom. The van der Waals surface area contributed by atoms with E-state index in [9.17, 15) is 9.18 Å². The summed E-state index contributed by atoms with van der Waals surface area (Å²) < 4.78 is 13.9. The van der Waals surface area contributed by atoms with Crippen LogP contribution in [0.5, 0.6) is 0 Å². The minimum Gasteiger partial charge on any atom is -0.368 e. The molecule has 0 bridgehead atoms. The lowest BCUT2D eigenvalue weighted by atomic mass is 10.2. The lowest BCUT2D eigenvalue weighted by molar-refractivity contribution is -0.132. The van der Waals surface area contributed by atoms with Crippen LogP contribution in [0.15, 0.2) is 42.5 Å². The Labute approximate surface area is 165 Å². The van der Waals surface area contributed by atoms with Crippen molar-refractivity contribution in [3.63, 3.8) is 0 Å². The summed E-state index contributed by atoms with van der Waals surface area (Å²) >= 11 is 6.08. The van der Waals surface area contributed by atoms with Crippen molar-refractivity contribution in [3.05, 3.63) is 64.4 Å². The van der Waals surface area contributed by atoms with Crippen molar-refractivity contribution in [1.29, 1.82) is 0 Å². The number of likely N-dealkylation sites (N-methyl/N-ethyl adjacent to an activating group) is 1. The van der Waals surface area contributed by atoms with E-state index in [2.05, 4.69) is 36.1 Å². The third-order valence-corrected chi connectivity index (χ3v) is 5.25. The maximum absolute atomic E-state index is 13.9. The molecule has 27 heavy (non-hydrogen) atoms. The number of piperazine rings is 1. The fraction of sp³-hybridized carbons (Fsp3) is 0.381. The van der Waals surface area contributed by atoms with Gasteiger partial charge in [-0.3, -0.25) is 9.69 Å². The predicted molar refractivity (Wildman–Crippen MR) is 108 cm³/mol. The van der Waals surface area contributed by atoms with Crippen molar-refractivity contribution in [2.75, 3.05) is 44.7 Å². The molecule has 0 radical (unpaired) electrons. The normalized spacial score (nSPS) is 14.7. The highest BCUT2D eigenvalue weighted by Crippen LogP contribution is 2.21. The van der Waals surface area contributed by atoms with Crippen LogP contribution in [-0.2, 0) is 11.3 Å². The van der Waals surface area contributed by atoms with E-state index in [1.54, 1.807) is 17.0 Å². The molecule has 0 aliphatic carbocycles. The second-order valence-corrected chi connectivity index (χ2v) is 7.49. The average Bonchev–Trinajstić information content (AvgIpc) is 2.65. The van der Waals surface area contributed by atoms with E-state index in [1.807, 2.05) is 11.9 Å². The van der Waals surface area contributed by atoms with Crippen LogP contribution in [0.4, 0.5) is 10.1 Å². The first-order valence-electron chi connectivity index (χ1n) is 9.15. The zero-order valence-electron chi connectivity index (χ0n) is 15.8. The molecule has 1 saturated heterocycles. The van der Waals surface area contributed by atoms with Gasteiger partial charge in [-0.05, 0) is 43.8 Å². The van der Waals surface area contributed by atoms with Crippen molar-refractivity contribution < 1.29 is 9.18 Å². The van der Waals surface area contributed by atoms with E-state index < -0.39 is 0 Å². The van der Waals surface area contributed by atoms with Gasteiger partial charge in [-0.25, -0.2) is 4.39 Å². The Morgan fingerprint density at radius 3 is 2.52 bits per heavy atom. The number of aryl methyl sites for hydroxylation is 1. The molecule has 6 heteroatoms. The number of carbonyl (C=O) groups is 1. The van der Waals surface area contributed by atoms with Crippen LogP contribution in [0.2, 0.25) is 5.02 Å². The van der Waals surface area contributed by atoms with E-state index >= 15 is 0 Å². The Kier molecular flexibility index (Phi) is 6.34. The molecule has 1 aliphatic rings. The zero-order valence-corrected chi connectivity index (χ0v) is 16.5. The van der Waals surface area contributed by atoms with Gasteiger partial charge >= 0.3 is 0 Å². The maximum Gasteiger partial charge on any atom is 0.236 e. The highest BCUT2D eigenvalue weighted by molar-refractivity contribution is 6.31. The van der Waals surface area contributed by atoms with Gasteiger partial charge in [0, 0.05) is 49.0 Å².